The fraction of sp³-hybridized carbons (Fsp3) is 0.562. The number of nitriles is 1. The monoisotopic (exact) mass is 337 g/mol. The largest absolute Gasteiger partial charge is 0.495 e. The van der Waals surface area contributed by atoms with Crippen LogP contribution in [0.5, 0.6) is 5.75 Å². The predicted octanol–water partition coefficient (Wildman–Crippen LogP) is 1.90. The minimum absolute atomic E-state index is 0.0243. The number of nitrogens with one attached hydrogen (secondary N) is 1. The average molecular weight is 337 g/mol. The van der Waals surface area contributed by atoms with E-state index < -0.39 is 15.6 Å². The van der Waals surface area contributed by atoms with Gasteiger partial charge in [-0.1, -0.05) is 25.7 Å². The molecule has 1 aromatic rings. The smallest absolute Gasteiger partial charge is 0.244 e. The minimum atomic E-state index is -3.74. The van der Waals surface area contributed by atoms with Crippen LogP contribution in [0.1, 0.15) is 44.1 Å². The molecular weight excluding hydrogens is 314 g/mol. The Balaban J connectivity index is 2.17. The second-order valence-electron chi connectivity index (χ2n) is 6.08. The zero-order valence-corrected chi connectivity index (χ0v) is 14.2. The number of ether oxygens (including phenoxy) is 1. The summed E-state index contributed by atoms with van der Waals surface area (Å²) >= 11 is 0. The lowest BCUT2D eigenvalue weighted by Crippen LogP contribution is -2.49. The first-order valence-corrected chi connectivity index (χ1v) is 9.25. The van der Waals surface area contributed by atoms with Crippen molar-refractivity contribution in [1.29, 1.82) is 5.26 Å². The van der Waals surface area contributed by atoms with E-state index in [4.69, 9.17) is 15.7 Å². The van der Waals surface area contributed by atoms with E-state index in [2.05, 4.69) is 4.72 Å². The Labute approximate surface area is 137 Å². The third kappa shape index (κ3) is 4.44. The lowest BCUT2D eigenvalue weighted by atomic mass is 9.92. The van der Waals surface area contributed by atoms with Gasteiger partial charge in [-0.2, -0.15) is 5.26 Å². The second-order valence-corrected chi connectivity index (χ2v) is 7.81. The van der Waals surface area contributed by atoms with Gasteiger partial charge in [0.1, 0.15) is 10.6 Å². The summed E-state index contributed by atoms with van der Waals surface area (Å²) in [6, 6.07) is 6.22. The summed E-state index contributed by atoms with van der Waals surface area (Å²) in [6.07, 6.45) is 5.99. The normalized spacial score (nSPS) is 18.0. The molecule has 0 aromatic heterocycles. The van der Waals surface area contributed by atoms with E-state index in [0.717, 1.165) is 38.5 Å². The van der Waals surface area contributed by atoms with Crippen LogP contribution in [0.15, 0.2) is 23.1 Å². The van der Waals surface area contributed by atoms with E-state index in [9.17, 15) is 8.42 Å². The maximum absolute atomic E-state index is 12.6. The van der Waals surface area contributed by atoms with Crippen molar-refractivity contribution in [2.45, 2.75) is 49.0 Å². The highest BCUT2D eigenvalue weighted by atomic mass is 32.2. The van der Waals surface area contributed by atoms with Crippen LogP contribution in [0.2, 0.25) is 0 Å². The molecule has 3 N–H and O–H groups in total. The molecule has 1 aliphatic carbocycles. The molecule has 126 valence electrons. The topological polar surface area (TPSA) is 105 Å². The maximum atomic E-state index is 12.6. The molecule has 0 spiro atoms. The summed E-state index contributed by atoms with van der Waals surface area (Å²) in [5.74, 6) is 0.156. The van der Waals surface area contributed by atoms with Crippen LogP contribution >= 0.6 is 0 Å². The zero-order chi connectivity index (χ0) is 16.9. The molecule has 1 fully saturated rings. The molecule has 0 radical (unpaired) electrons. The maximum Gasteiger partial charge on any atom is 0.244 e. The highest BCUT2D eigenvalue weighted by Gasteiger charge is 2.29. The van der Waals surface area contributed by atoms with Crippen molar-refractivity contribution >= 4 is 10.0 Å². The summed E-state index contributed by atoms with van der Waals surface area (Å²) < 4.78 is 32.8. The summed E-state index contributed by atoms with van der Waals surface area (Å²) in [6.45, 7) is 0.207. The van der Waals surface area contributed by atoms with Crippen molar-refractivity contribution in [1.82, 2.24) is 4.72 Å². The molecule has 7 heteroatoms. The molecule has 1 aromatic carbocycles. The van der Waals surface area contributed by atoms with E-state index in [0.29, 0.717) is 5.56 Å². The SMILES string of the molecule is COc1cc(C#N)ccc1S(=O)(=O)NCC1(N)CCCCCC1. The number of hydrogen-bond acceptors (Lipinski definition) is 5. The first-order chi connectivity index (χ1) is 10.9. The number of nitrogens with two attached hydrogens (primary N) is 1. The molecule has 2 rings (SSSR count). The van der Waals surface area contributed by atoms with Crippen LogP contribution in [-0.2, 0) is 10.0 Å². The quantitative estimate of drug-likeness (QED) is 0.798. The summed E-state index contributed by atoms with van der Waals surface area (Å²) in [7, 11) is -2.36. The van der Waals surface area contributed by atoms with Crippen molar-refractivity contribution in [3.8, 4) is 11.8 Å². The number of methoxy groups -OCH3 is 1. The molecule has 23 heavy (non-hydrogen) atoms. The molecule has 0 unspecified atom stereocenters. The van der Waals surface area contributed by atoms with E-state index >= 15 is 0 Å². The minimum Gasteiger partial charge on any atom is -0.495 e. The number of nitrogens with zero attached hydrogens (tertiary/aromatic N) is 1. The Bertz CT molecular complexity index is 687. The van der Waals surface area contributed by atoms with E-state index in [-0.39, 0.29) is 17.2 Å². The van der Waals surface area contributed by atoms with E-state index in [1.165, 1.54) is 25.3 Å². The lowest BCUT2D eigenvalue weighted by molar-refractivity contribution is 0.368. The number of sulfonamides is 1. The van der Waals surface area contributed by atoms with Gasteiger partial charge in [0.2, 0.25) is 10.0 Å². The van der Waals surface area contributed by atoms with Crippen LogP contribution in [-0.4, -0.2) is 27.6 Å². The van der Waals surface area contributed by atoms with Gasteiger partial charge in [-0.15, -0.1) is 0 Å². The number of benzene rings is 1. The summed E-state index contributed by atoms with van der Waals surface area (Å²) in [5.41, 5.74) is 6.21. The molecule has 0 atom stereocenters. The van der Waals surface area contributed by atoms with Gasteiger partial charge < -0.3 is 10.5 Å². The molecule has 1 saturated carbocycles. The Morgan fingerprint density at radius 1 is 1.30 bits per heavy atom. The van der Waals surface area contributed by atoms with Gasteiger partial charge in [0.15, 0.2) is 0 Å². The average Bonchev–Trinajstić information content (AvgIpc) is 2.77. The molecule has 0 bridgehead atoms. The molecule has 6 nitrogen and oxygen atoms in total. The summed E-state index contributed by atoms with van der Waals surface area (Å²) in [4.78, 5) is 0.0243. The molecule has 0 heterocycles. The fourth-order valence-electron chi connectivity index (χ4n) is 2.89. The van der Waals surface area contributed by atoms with Crippen LogP contribution in [0, 0.1) is 11.3 Å². The summed E-state index contributed by atoms with van der Waals surface area (Å²) in [5, 5.41) is 8.90. The third-order valence-corrected chi connectivity index (χ3v) is 5.74. The van der Waals surface area contributed by atoms with Gasteiger partial charge in [0.05, 0.1) is 18.7 Å². The lowest BCUT2D eigenvalue weighted by Gasteiger charge is -2.28. The molecule has 0 amide bonds. The van der Waals surface area contributed by atoms with Gasteiger partial charge >= 0.3 is 0 Å². The van der Waals surface area contributed by atoms with Gasteiger partial charge in [-0.25, -0.2) is 13.1 Å². The first-order valence-electron chi connectivity index (χ1n) is 7.77. The number of hydrogen-bond donors (Lipinski definition) is 2. The molecule has 0 aliphatic heterocycles. The Kier molecular flexibility index (Phi) is 5.63. The fourth-order valence-corrected chi connectivity index (χ4v) is 4.17. The highest BCUT2D eigenvalue weighted by Crippen LogP contribution is 2.27. The van der Waals surface area contributed by atoms with Crippen molar-refractivity contribution in [2.24, 2.45) is 5.73 Å². The van der Waals surface area contributed by atoms with Crippen molar-refractivity contribution in [2.75, 3.05) is 13.7 Å². The van der Waals surface area contributed by atoms with Crippen LogP contribution in [0.25, 0.3) is 0 Å². The first kappa shape index (κ1) is 17.7. The van der Waals surface area contributed by atoms with Crippen molar-refractivity contribution < 1.29 is 13.2 Å². The Hall–Kier alpha value is -1.62. The molecule has 0 saturated heterocycles. The van der Waals surface area contributed by atoms with Crippen molar-refractivity contribution in [3.63, 3.8) is 0 Å². The van der Waals surface area contributed by atoms with Crippen LogP contribution < -0.4 is 15.2 Å². The zero-order valence-electron chi connectivity index (χ0n) is 13.3. The number of rotatable bonds is 5. The molecule has 1 aliphatic rings. The van der Waals surface area contributed by atoms with Crippen LogP contribution in [0.4, 0.5) is 0 Å². The Morgan fingerprint density at radius 3 is 2.52 bits per heavy atom. The molecular formula is C16H23N3O3S. The van der Waals surface area contributed by atoms with Gasteiger partial charge in [-0.3, -0.25) is 0 Å². The Morgan fingerprint density at radius 2 is 1.96 bits per heavy atom. The predicted molar refractivity (Wildman–Crippen MR) is 87.5 cm³/mol. The van der Waals surface area contributed by atoms with Gasteiger partial charge in [0, 0.05) is 12.1 Å². The third-order valence-electron chi connectivity index (χ3n) is 4.30. The van der Waals surface area contributed by atoms with E-state index in [1.807, 2.05) is 6.07 Å². The highest BCUT2D eigenvalue weighted by molar-refractivity contribution is 7.89. The standard InChI is InChI=1S/C16H23N3O3S/c1-22-14-10-13(11-17)6-7-15(14)23(20,21)19-12-16(18)8-4-2-3-5-9-16/h6-7,10,19H,2-5,8-9,12,18H2,1H3. The van der Waals surface area contributed by atoms with Crippen LogP contribution in [0.3, 0.4) is 0 Å². The van der Waals surface area contributed by atoms with Gasteiger partial charge in [0.25, 0.3) is 0 Å². The van der Waals surface area contributed by atoms with E-state index in [1.54, 1.807) is 0 Å². The van der Waals surface area contributed by atoms with Crippen molar-refractivity contribution in [3.05, 3.63) is 23.8 Å². The second kappa shape index (κ2) is 7.30. The van der Waals surface area contributed by atoms with Gasteiger partial charge in [-0.05, 0) is 31.0 Å².